The lowest BCUT2D eigenvalue weighted by molar-refractivity contribution is -0.117. The van der Waals surface area contributed by atoms with Crippen LogP contribution < -0.4 is 16.4 Å². The van der Waals surface area contributed by atoms with Gasteiger partial charge in [0.2, 0.25) is 5.91 Å². The maximum atomic E-state index is 11.6. The highest BCUT2D eigenvalue weighted by molar-refractivity contribution is 8.00. The summed E-state index contributed by atoms with van der Waals surface area (Å²) in [5.74, 6) is -0.309. The topological polar surface area (TPSA) is 84.2 Å². The molecule has 5 nitrogen and oxygen atoms in total. The van der Waals surface area contributed by atoms with E-state index in [2.05, 4.69) is 10.6 Å². The summed E-state index contributed by atoms with van der Waals surface area (Å²) in [6, 6.07) is 4.53. The average Bonchev–Trinajstić information content (AvgIpc) is 2.27. The Hall–Kier alpha value is -1.40. The first-order valence-corrected chi connectivity index (χ1v) is 7.33. The van der Waals surface area contributed by atoms with E-state index in [0.29, 0.717) is 15.6 Å². The highest BCUT2D eigenvalue weighted by atomic mass is 35.5. The number of benzene rings is 1. The molecule has 1 rings (SSSR count). The van der Waals surface area contributed by atoms with E-state index in [-0.39, 0.29) is 5.75 Å². The van der Waals surface area contributed by atoms with Gasteiger partial charge in [-0.3, -0.25) is 10.1 Å². The SMILES string of the molecule is CC(C)(C)NC(=O)NC(=O)CSc1cc(N)ccc1Cl. The highest BCUT2D eigenvalue weighted by Crippen LogP contribution is 2.28. The van der Waals surface area contributed by atoms with Crippen molar-refractivity contribution in [3.8, 4) is 0 Å². The first kappa shape index (κ1) is 16.7. The Labute approximate surface area is 127 Å². The van der Waals surface area contributed by atoms with Gasteiger partial charge in [-0.15, -0.1) is 11.8 Å². The lowest BCUT2D eigenvalue weighted by atomic mass is 10.1. The molecule has 3 amide bonds. The molecular weight excluding hydrogens is 298 g/mol. The van der Waals surface area contributed by atoms with Crippen LogP contribution in [0.25, 0.3) is 0 Å². The average molecular weight is 316 g/mol. The van der Waals surface area contributed by atoms with E-state index < -0.39 is 17.5 Å². The second-order valence-electron chi connectivity index (χ2n) is 5.23. The van der Waals surface area contributed by atoms with E-state index in [9.17, 15) is 9.59 Å². The van der Waals surface area contributed by atoms with Gasteiger partial charge in [-0.25, -0.2) is 4.79 Å². The number of amides is 3. The van der Waals surface area contributed by atoms with E-state index in [0.717, 1.165) is 0 Å². The Morgan fingerprint density at radius 2 is 2.00 bits per heavy atom. The van der Waals surface area contributed by atoms with Crippen LogP contribution in [0.2, 0.25) is 5.02 Å². The monoisotopic (exact) mass is 315 g/mol. The van der Waals surface area contributed by atoms with E-state index in [4.69, 9.17) is 17.3 Å². The van der Waals surface area contributed by atoms with Crippen LogP contribution >= 0.6 is 23.4 Å². The maximum Gasteiger partial charge on any atom is 0.321 e. The molecule has 0 fully saturated rings. The molecule has 0 heterocycles. The van der Waals surface area contributed by atoms with Gasteiger partial charge in [0, 0.05) is 16.1 Å². The van der Waals surface area contributed by atoms with Gasteiger partial charge in [-0.2, -0.15) is 0 Å². The normalized spacial score (nSPS) is 11.0. The third-order valence-electron chi connectivity index (χ3n) is 2.06. The lowest BCUT2D eigenvalue weighted by Crippen LogP contribution is -2.48. The molecule has 0 aromatic heterocycles. The smallest absolute Gasteiger partial charge is 0.321 e. The summed E-state index contributed by atoms with van der Waals surface area (Å²) in [7, 11) is 0. The molecule has 7 heteroatoms. The van der Waals surface area contributed by atoms with E-state index in [1.54, 1.807) is 18.2 Å². The van der Waals surface area contributed by atoms with Crippen molar-refractivity contribution in [2.24, 2.45) is 0 Å². The predicted molar refractivity (Wildman–Crippen MR) is 83.0 cm³/mol. The minimum atomic E-state index is -0.512. The van der Waals surface area contributed by atoms with Crippen LogP contribution in [-0.2, 0) is 4.79 Å². The molecule has 0 aliphatic heterocycles. The number of carbonyl (C=O) groups excluding carboxylic acids is 2. The molecule has 0 atom stereocenters. The van der Waals surface area contributed by atoms with Gasteiger partial charge >= 0.3 is 6.03 Å². The van der Waals surface area contributed by atoms with Gasteiger partial charge in [0.15, 0.2) is 0 Å². The molecular formula is C13H18ClN3O2S. The Balaban J connectivity index is 2.48. The predicted octanol–water partition coefficient (Wildman–Crippen LogP) is 2.64. The molecule has 0 unspecified atom stereocenters. The number of rotatable bonds is 3. The van der Waals surface area contributed by atoms with Crippen molar-refractivity contribution in [3.63, 3.8) is 0 Å². The largest absolute Gasteiger partial charge is 0.399 e. The number of nitrogens with two attached hydrogens (primary N) is 1. The summed E-state index contributed by atoms with van der Waals surface area (Å²) in [4.78, 5) is 23.9. The van der Waals surface area contributed by atoms with Crippen molar-refractivity contribution in [3.05, 3.63) is 23.2 Å². The summed E-state index contributed by atoms with van der Waals surface area (Å²) in [6.07, 6.45) is 0. The minimum absolute atomic E-state index is 0.0841. The second kappa shape index (κ2) is 6.85. The van der Waals surface area contributed by atoms with Crippen molar-refractivity contribution in [2.45, 2.75) is 31.2 Å². The molecule has 20 heavy (non-hydrogen) atoms. The van der Waals surface area contributed by atoms with Gasteiger partial charge in [-0.1, -0.05) is 11.6 Å². The van der Waals surface area contributed by atoms with Crippen LogP contribution in [0.4, 0.5) is 10.5 Å². The van der Waals surface area contributed by atoms with Crippen molar-refractivity contribution in [1.29, 1.82) is 0 Å². The number of nitrogen functional groups attached to an aromatic ring is 1. The van der Waals surface area contributed by atoms with Gasteiger partial charge in [0.05, 0.1) is 10.8 Å². The molecule has 4 N–H and O–H groups in total. The standard InChI is InChI=1S/C13H18ClN3O2S/c1-13(2,3)17-12(19)16-11(18)7-20-10-6-8(15)4-5-9(10)14/h4-6H,7,15H2,1-3H3,(H2,16,17,18,19). The van der Waals surface area contributed by atoms with Crippen LogP contribution in [-0.4, -0.2) is 23.2 Å². The molecule has 0 aliphatic rings. The number of halogens is 1. The van der Waals surface area contributed by atoms with E-state index >= 15 is 0 Å². The highest BCUT2D eigenvalue weighted by Gasteiger charge is 2.16. The number of hydrogen-bond donors (Lipinski definition) is 3. The number of hydrogen-bond acceptors (Lipinski definition) is 4. The third-order valence-corrected chi connectivity index (χ3v) is 3.55. The summed E-state index contributed by atoms with van der Waals surface area (Å²) in [5.41, 5.74) is 5.83. The Morgan fingerprint density at radius 3 is 2.60 bits per heavy atom. The van der Waals surface area contributed by atoms with Crippen LogP contribution in [0.1, 0.15) is 20.8 Å². The summed E-state index contributed by atoms with van der Waals surface area (Å²) >= 11 is 7.21. The first-order valence-electron chi connectivity index (χ1n) is 5.97. The fraction of sp³-hybridized carbons (Fsp3) is 0.385. The van der Waals surface area contributed by atoms with E-state index in [1.807, 2.05) is 20.8 Å². The van der Waals surface area contributed by atoms with E-state index in [1.165, 1.54) is 11.8 Å². The van der Waals surface area contributed by atoms with Crippen LogP contribution in [0.5, 0.6) is 0 Å². The number of imide groups is 1. The number of anilines is 1. The number of urea groups is 1. The summed E-state index contributed by atoms with van der Waals surface area (Å²) in [6.45, 7) is 5.50. The van der Waals surface area contributed by atoms with Gasteiger partial charge < -0.3 is 11.1 Å². The number of thioether (sulfide) groups is 1. The first-order chi connectivity index (χ1) is 9.17. The molecule has 0 spiro atoms. The Morgan fingerprint density at radius 1 is 1.35 bits per heavy atom. The molecule has 0 aliphatic carbocycles. The summed E-state index contributed by atoms with van der Waals surface area (Å²) < 4.78 is 0. The zero-order valence-corrected chi connectivity index (χ0v) is 13.2. The zero-order valence-electron chi connectivity index (χ0n) is 11.6. The molecule has 110 valence electrons. The second-order valence-corrected chi connectivity index (χ2v) is 6.66. The summed E-state index contributed by atoms with van der Waals surface area (Å²) in [5, 5.41) is 5.42. The van der Waals surface area contributed by atoms with Crippen molar-refractivity contribution >= 4 is 41.0 Å². The van der Waals surface area contributed by atoms with Crippen molar-refractivity contribution in [2.75, 3.05) is 11.5 Å². The quantitative estimate of drug-likeness (QED) is 0.591. The van der Waals surface area contributed by atoms with Gasteiger partial charge in [-0.05, 0) is 39.0 Å². The molecule has 0 bridgehead atoms. The maximum absolute atomic E-state index is 11.6. The van der Waals surface area contributed by atoms with Crippen molar-refractivity contribution < 1.29 is 9.59 Å². The number of nitrogens with one attached hydrogen (secondary N) is 2. The zero-order chi connectivity index (χ0) is 15.3. The minimum Gasteiger partial charge on any atom is -0.399 e. The molecule has 1 aromatic carbocycles. The molecule has 1 aromatic rings. The molecule has 0 radical (unpaired) electrons. The van der Waals surface area contributed by atoms with Crippen molar-refractivity contribution in [1.82, 2.24) is 10.6 Å². The van der Waals surface area contributed by atoms with Crippen LogP contribution in [0.3, 0.4) is 0 Å². The fourth-order valence-corrected chi connectivity index (χ4v) is 2.37. The van der Waals surface area contributed by atoms with Gasteiger partial charge in [0.1, 0.15) is 0 Å². The lowest BCUT2D eigenvalue weighted by Gasteiger charge is -2.20. The molecule has 0 saturated carbocycles. The number of carbonyl (C=O) groups is 2. The van der Waals surface area contributed by atoms with Crippen LogP contribution in [0, 0.1) is 0 Å². The third kappa shape index (κ3) is 6.16. The van der Waals surface area contributed by atoms with Gasteiger partial charge in [0.25, 0.3) is 0 Å². The Kier molecular flexibility index (Phi) is 5.71. The molecule has 0 saturated heterocycles. The van der Waals surface area contributed by atoms with Crippen LogP contribution in [0.15, 0.2) is 23.1 Å². The fourth-order valence-electron chi connectivity index (χ4n) is 1.31. The Bertz CT molecular complexity index is 515.